The zero-order chi connectivity index (χ0) is 22.9. The molecule has 0 spiro atoms. The van der Waals surface area contributed by atoms with E-state index in [2.05, 4.69) is 10.3 Å². The first-order valence-electron chi connectivity index (χ1n) is 11.1. The molecule has 2 fully saturated rings. The van der Waals surface area contributed by atoms with E-state index < -0.39 is 18.4 Å². The molecule has 7 nitrogen and oxygen atoms in total. The number of rotatable bonds is 9. The quantitative estimate of drug-likeness (QED) is 0.516. The highest BCUT2D eigenvalue weighted by Crippen LogP contribution is 2.32. The number of hydrogen-bond donors (Lipinski definition) is 1. The molecule has 9 heteroatoms. The number of fused-ring (bicyclic) bond motifs is 1. The number of benzene rings is 2. The minimum absolute atomic E-state index is 0.0128. The minimum Gasteiger partial charge on any atom is -0.493 e. The predicted molar refractivity (Wildman–Crippen MR) is 118 cm³/mol. The van der Waals surface area contributed by atoms with E-state index in [-0.39, 0.29) is 6.10 Å². The second-order valence-corrected chi connectivity index (χ2v) is 8.63. The van der Waals surface area contributed by atoms with Crippen LogP contribution in [0.5, 0.6) is 11.5 Å². The molecule has 1 amide bonds. The van der Waals surface area contributed by atoms with E-state index >= 15 is 0 Å². The molecule has 1 aromatic heterocycles. The number of amides is 1. The van der Waals surface area contributed by atoms with Crippen LogP contribution >= 0.6 is 0 Å². The first-order valence-corrected chi connectivity index (χ1v) is 11.1. The van der Waals surface area contributed by atoms with Gasteiger partial charge in [0.25, 0.3) is 11.9 Å². The number of halogens is 2. The summed E-state index contributed by atoms with van der Waals surface area (Å²) in [6.45, 7) is 3.67. The summed E-state index contributed by atoms with van der Waals surface area (Å²) in [5.41, 5.74) is 1.85. The molecule has 3 aromatic rings. The third-order valence-corrected chi connectivity index (χ3v) is 5.87. The smallest absolute Gasteiger partial charge is 0.315 e. The van der Waals surface area contributed by atoms with Crippen molar-refractivity contribution in [3.05, 3.63) is 48.0 Å². The van der Waals surface area contributed by atoms with Crippen LogP contribution in [-0.4, -0.2) is 43.1 Å². The number of hydrogen-bond acceptors (Lipinski definition) is 6. The maximum atomic E-state index is 12.5. The van der Waals surface area contributed by atoms with Crippen LogP contribution in [0.2, 0.25) is 0 Å². The number of anilines is 1. The number of ether oxygens (including phenoxy) is 2. The fourth-order valence-electron chi connectivity index (χ4n) is 3.69. The van der Waals surface area contributed by atoms with Crippen LogP contribution in [0.25, 0.3) is 11.1 Å². The highest BCUT2D eigenvalue weighted by atomic mass is 19.3. The van der Waals surface area contributed by atoms with Crippen LogP contribution in [0.3, 0.4) is 0 Å². The summed E-state index contributed by atoms with van der Waals surface area (Å²) in [6, 6.07) is 12.8. The topological polar surface area (TPSA) is 76.8 Å². The first kappa shape index (κ1) is 21.5. The molecule has 5 rings (SSSR count). The van der Waals surface area contributed by atoms with Gasteiger partial charge in [-0.25, -0.2) is 0 Å². The van der Waals surface area contributed by atoms with Gasteiger partial charge >= 0.3 is 6.43 Å². The van der Waals surface area contributed by atoms with Crippen molar-refractivity contribution in [3.63, 3.8) is 0 Å². The van der Waals surface area contributed by atoms with Crippen molar-refractivity contribution < 1.29 is 27.5 Å². The molecular weight excluding hydrogens is 432 g/mol. The maximum absolute atomic E-state index is 12.5. The van der Waals surface area contributed by atoms with Gasteiger partial charge in [0, 0.05) is 6.07 Å². The molecule has 0 radical (unpaired) electrons. The van der Waals surface area contributed by atoms with Gasteiger partial charge in [-0.05, 0) is 55.5 Å². The summed E-state index contributed by atoms with van der Waals surface area (Å²) in [7, 11) is 0. The largest absolute Gasteiger partial charge is 0.493 e. The van der Waals surface area contributed by atoms with Crippen LogP contribution in [0.1, 0.15) is 31.4 Å². The number of nitrogens with one attached hydrogen (secondary N) is 1. The van der Waals surface area contributed by atoms with Crippen molar-refractivity contribution in [1.82, 2.24) is 10.3 Å². The Morgan fingerprint density at radius 1 is 1.21 bits per heavy atom. The molecule has 1 N–H and O–H groups in total. The molecule has 0 bridgehead atoms. The summed E-state index contributed by atoms with van der Waals surface area (Å²) in [5, 5.41) is 2.27. The van der Waals surface area contributed by atoms with E-state index in [1.165, 1.54) is 12.8 Å². The molecule has 2 aromatic carbocycles. The van der Waals surface area contributed by atoms with Crippen molar-refractivity contribution in [2.24, 2.45) is 5.92 Å². The standard InChI is InChI=1S/C24H25F2N3O4/c1-14(27-23(30)22(25)26)16-7-8-20-21(9-16)33-24(28-20)29-11-19(12-29)32-18-4-2-3-17(10-18)31-13-15-5-6-15/h2-4,7-10,14-15,19,22H,5-6,11-13H2,1H3,(H,27,30). The molecule has 1 saturated heterocycles. The summed E-state index contributed by atoms with van der Waals surface area (Å²) in [6.07, 6.45) is -0.537. The number of nitrogens with zero attached hydrogens (tertiary/aromatic N) is 2. The van der Waals surface area contributed by atoms with Gasteiger partial charge in [0.2, 0.25) is 0 Å². The molecular formula is C24H25F2N3O4. The Morgan fingerprint density at radius 3 is 2.76 bits per heavy atom. The zero-order valence-corrected chi connectivity index (χ0v) is 18.2. The Bertz CT molecular complexity index is 1140. The van der Waals surface area contributed by atoms with Gasteiger partial charge in [0.05, 0.1) is 25.7 Å². The second kappa shape index (κ2) is 8.88. The lowest BCUT2D eigenvalue weighted by Crippen LogP contribution is -2.54. The van der Waals surface area contributed by atoms with E-state index in [1.54, 1.807) is 25.1 Å². The van der Waals surface area contributed by atoms with Gasteiger partial charge in [-0.3, -0.25) is 4.79 Å². The molecule has 174 valence electrons. The van der Waals surface area contributed by atoms with Gasteiger partial charge in [-0.15, -0.1) is 0 Å². The lowest BCUT2D eigenvalue weighted by molar-refractivity contribution is -0.132. The van der Waals surface area contributed by atoms with Crippen molar-refractivity contribution in [2.45, 2.75) is 38.3 Å². The average Bonchev–Trinajstić information content (AvgIpc) is 3.51. The minimum atomic E-state index is -3.05. The fourth-order valence-corrected chi connectivity index (χ4v) is 3.69. The fraction of sp³-hybridized carbons (Fsp3) is 0.417. The molecule has 2 heterocycles. The summed E-state index contributed by atoms with van der Waals surface area (Å²) < 4.78 is 42.7. The molecule has 2 aliphatic rings. The van der Waals surface area contributed by atoms with Crippen molar-refractivity contribution in [1.29, 1.82) is 0 Å². The van der Waals surface area contributed by atoms with E-state index in [9.17, 15) is 13.6 Å². The Balaban J connectivity index is 1.17. The first-order chi connectivity index (χ1) is 15.9. The van der Waals surface area contributed by atoms with Crippen LogP contribution in [0, 0.1) is 5.92 Å². The monoisotopic (exact) mass is 457 g/mol. The Hall–Kier alpha value is -3.36. The van der Waals surface area contributed by atoms with E-state index in [0.717, 1.165) is 18.1 Å². The van der Waals surface area contributed by atoms with Crippen LogP contribution < -0.4 is 19.7 Å². The lowest BCUT2D eigenvalue weighted by atomic mass is 10.1. The molecule has 1 atom stereocenters. The Labute approximate surface area is 189 Å². The molecule has 1 aliphatic heterocycles. The van der Waals surface area contributed by atoms with Crippen molar-refractivity contribution in [3.8, 4) is 11.5 Å². The average molecular weight is 457 g/mol. The third-order valence-electron chi connectivity index (χ3n) is 5.87. The Kier molecular flexibility index (Phi) is 5.78. The number of oxazole rings is 1. The number of alkyl halides is 2. The molecule has 1 aliphatic carbocycles. The maximum Gasteiger partial charge on any atom is 0.315 e. The van der Waals surface area contributed by atoms with Crippen molar-refractivity contribution in [2.75, 3.05) is 24.6 Å². The van der Waals surface area contributed by atoms with Gasteiger partial charge in [0.1, 0.15) is 23.1 Å². The third kappa shape index (κ3) is 5.02. The van der Waals surface area contributed by atoms with E-state index in [4.69, 9.17) is 13.9 Å². The highest BCUT2D eigenvalue weighted by molar-refractivity contribution is 5.80. The van der Waals surface area contributed by atoms with Crippen LogP contribution in [0.4, 0.5) is 14.8 Å². The number of carbonyl (C=O) groups is 1. The SMILES string of the molecule is CC(NC(=O)C(F)F)c1ccc2nc(N3CC(Oc4cccc(OCC5CC5)c4)C3)oc2c1. The zero-order valence-electron chi connectivity index (χ0n) is 18.2. The van der Waals surface area contributed by atoms with Crippen LogP contribution in [0.15, 0.2) is 46.9 Å². The summed E-state index contributed by atoms with van der Waals surface area (Å²) >= 11 is 0. The predicted octanol–water partition coefficient (Wildman–Crippen LogP) is 4.33. The van der Waals surface area contributed by atoms with Gasteiger partial charge in [-0.2, -0.15) is 13.8 Å². The molecule has 33 heavy (non-hydrogen) atoms. The molecule has 1 unspecified atom stereocenters. The second-order valence-electron chi connectivity index (χ2n) is 8.63. The lowest BCUT2D eigenvalue weighted by Gasteiger charge is -2.37. The summed E-state index contributed by atoms with van der Waals surface area (Å²) in [4.78, 5) is 17.7. The number of aromatic nitrogens is 1. The normalized spacial score (nSPS) is 17.2. The van der Waals surface area contributed by atoms with E-state index in [0.29, 0.717) is 41.7 Å². The Morgan fingerprint density at radius 2 is 2.00 bits per heavy atom. The van der Waals surface area contributed by atoms with Crippen molar-refractivity contribution >= 4 is 23.0 Å². The van der Waals surface area contributed by atoms with E-state index in [1.807, 2.05) is 29.2 Å². The highest BCUT2D eigenvalue weighted by Gasteiger charge is 2.32. The molecule has 1 saturated carbocycles. The number of carbonyl (C=O) groups excluding carboxylic acids is 1. The van der Waals surface area contributed by atoms with Gasteiger partial charge < -0.3 is 24.1 Å². The van der Waals surface area contributed by atoms with Gasteiger partial charge in [0.15, 0.2) is 5.58 Å². The summed E-state index contributed by atoms with van der Waals surface area (Å²) in [5.74, 6) is 0.994. The van der Waals surface area contributed by atoms with Crippen LogP contribution in [-0.2, 0) is 4.79 Å². The van der Waals surface area contributed by atoms with Gasteiger partial charge in [-0.1, -0.05) is 12.1 Å².